The second-order valence-electron chi connectivity index (χ2n) is 8.61. The molecule has 0 spiro atoms. The normalized spacial score (nSPS) is 15.9. The van der Waals surface area contributed by atoms with Crippen molar-refractivity contribution in [2.75, 3.05) is 51.8 Å². The maximum atomic E-state index is 13.2. The van der Waals surface area contributed by atoms with Gasteiger partial charge in [0.2, 0.25) is 0 Å². The molecule has 1 N–H and O–H groups in total. The standard InChI is InChI=1S/C26H33N3O4/c1-4-21(30)18-33-22-7-8-23-19(16-22)10-13-29(26(23)31)20-6-9-24(25(17-20)32-3)28-12-5-11-27(2)14-15-28/h6-10,13,16-17,21,30H,4-5,11-12,14-15,18H2,1-3H3. The highest BCUT2D eigenvalue weighted by molar-refractivity contribution is 5.83. The van der Waals surface area contributed by atoms with Crippen LogP contribution in [0.5, 0.6) is 11.5 Å². The summed E-state index contributed by atoms with van der Waals surface area (Å²) >= 11 is 0. The molecule has 33 heavy (non-hydrogen) atoms. The van der Waals surface area contributed by atoms with Crippen molar-refractivity contribution in [1.29, 1.82) is 0 Å². The van der Waals surface area contributed by atoms with Gasteiger partial charge in [-0.1, -0.05) is 6.92 Å². The molecule has 176 valence electrons. The van der Waals surface area contributed by atoms with E-state index in [0.717, 1.165) is 55.1 Å². The second kappa shape index (κ2) is 10.3. The van der Waals surface area contributed by atoms with E-state index in [4.69, 9.17) is 9.47 Å². The second-order valence-corrected chi connectivity index (χ2v) is 8.61. The molecule has 0 aliphatic carbocycles. The van der Waals surface area contributed by atoms with E-state index in [0.29, 0.717) is 17.6 Å². The molecule has 1 aliphatic rings. The Kier molecular flexibility index (Phi) is 7.20. The Bertz CT molecular complexity index is 1160. The van der Waals surface area contributed by atoms with Gasteiger partial charge in [-0.2, -0.15) is 0 Å². The highest BCUT2D eigenvalue weighted by Crippen LogP contribution is 2.31. The van der Waals surface area contributed by atoms with Gasteiger partial charge < -0.3 is 24.4 Å². The Labute approximate surface area is 194 Å². The molecular weight excluding hydrogens is 418 g/mol. The zero-order valence-corrected chi connectivity index (χ0v) is 19.7. The minimum atomic E-state index is -0.498. The molecule has 0 radical (unpaired) electrons. The van der Waals surface area contributed by atoms with E-state index < -0.39 is 6.10 Å². The van der Waals surface area contributed by atoms with Crippen LogP contribution in [0.15, 0.2) is 53.5 Å². The van der Waals surface area contributed by atoms with Crippen molar-refractivity contribution in [3.05, 3.63) is 59.0 Å². The van der Waals surface area contributed by atoms with Gasteiger partial charge in [-0.15, -0.1) is 0 Å². The van der Waals surface area contributed by atoms with E-state index in [1.54, 1.807) is 30.0 Å². The summed E-state index contributed by atoms with van der Waals surface area (Å²) in [5.41, 5.74) is 1.72. The number of rotatable bonds is 7. The molecule has 7 heteroatoms. The third-order valence-electron chi connectivity index (χ3n) is 6.29. The maximum Gasteiger partial charge on any atom is 0.262 e. The average Bonchev–Trinajstić information content (AvgIpc) is 3.06. The zero-order chi connectivity index (χ0) is 23.4. The summed E-state index contributed by atoms with van der Waals surface area (Å²) in [7, 11) is 3.83. The lowest BCUT2D eigenvalue weighted by Crippen LogP contribution is -2.29. The van der Waals surface area contributed by atoms with Crippen LogP contribution in [0.25, 0.3) is 16.5 Å². The largest absolute Gasteiger partial charge is 0.495 e. The van der Waals surface area contributed by atoms with Crippen LogP contribution in [0.1, 0.15) is 19.8 Å². The average molecular weight is 452 g/mol. The molecule has 1 saturated heterocycles. The molecule has 4 rings (SSSR count). The number of hydrogen-bond acceptors (Lipinski definition) is 6. The lowest BCUT2D eigenvalue weighted by Gasteiger charge is -2.25. The fourth-order valence-electron chi connectivity index (χ4n) is 4.19. The third kappa shape index (κ3) is 5.15. The number of hydrogen-bond donors (Lipinski definition) is 1. The van der Waals surface area contributed by atoms with E-state index in [9.17, 15) is 9.90 Å². The van der Waals surface area contributed by atoms with E-state index >= 15 is 0 Å². The highest BCUT2D eigenvalue weighted by atomic mass is 16.5. The third-order valence-corrected chi connectivity index (χ3v) is 6.29. The number of ether oxygens (including phenoxy) is 2. The number of aromatic nitrogens is 1. The van der Waals surface area contributed by atoms with E-state index in [1.165, 1.54) is 0 Å². The Hall–Kier alpha value is -3.03. The molecular formula is C26H33N3O4. The van der Waals surface area contributed by atoms with Crippen molar-refractivity contribution in [3.8, 4) is 17.2 Å². The predicted octanol–water partition coefficient (Wildman–Crippen LogP) is 3.29. The van der Waals surface area contributed by atoms with Gasteiger partial charge in [0.1, 0.15) is 18.1 Å². The number of nitrogens with zero attached hydrogens (tertiary/aromatic N) is 3. The predicted molar refractivity (Wildman–Crippen MR) is 132 cm³/mol. The zero-order valence-electron chi connectivity index (χ0n) is 19.7. The number of aliphatic hydroxyl groups excluding tert-OH is 1. The molecule has 1 aliphatic heterocycles. The molecule has 3 aromatic rings. The first-order chi connectivity index (χ1) is 16.0. The lowest BCUT2D eigenvalue weighted by atomic mass is 10.1. The van der Waals surface area contributed by atoms with Crippen LogP contribution in [0.2, 0.25) is 0 Å². The minimum Gasteiger partial charge on any atom is -0.495 e. The molecule has 1 atom stereocenters. The van der Waals surface area contributed by atoms with Gasteiger partial charge >= 0.3 is 0 Å². The van der Waals surface area contributed by atoms with Gasteiger partial charge in [-0.25, -0.2) is 0 Å². The summed E-state index contributed by atoms with van der Waals surface area (Å²) in [6.45, 7) is 6.18. The molecule has 0 saturated carbocycles. The molecule has 7 nitrogen and oxygen atoms in total. The molecule has 1 aromatic heterocycles. The van der Waals surface area contributed by atoms with Gasteiger partial charge in [0.05, 0.1) is 24.6 Å². The van der Waals surface area contributed by atoms with Crippen LogP contribution >= 0.6 is 0 Å². The Morgan fingerprint density at radius 1 is 1.06 bits per heavy atom. The van der Waals surface area contributed by atoms with Crippen LogP contribution in [0, 0.1) is 0 Å². The van der Waals surface area contributed by atoms with Gasteiger partial charge in [0, 0.05) is 37.3 Å². The number of benzene rings is 2. The van der Waals surface area contributed by atoms with Crippen molar-refractivity contribution in [2.24, 2.45) is 0 Å². The number of fused-ring (bicyclic) bond motifs is 1. The first-order valence-electron chi connectivity index (χ1n) is 11.6. The monoisotopic (exact) mass is 451 g/mol. The fourth-order valence-corrected chi connectivity index (χ4v) is 4.19. The topological polar surface area (TPSA) is 67.2 Å². The fraction of sp³-hybridized carbons (Fsp3) is 0.423. The quantitative estimate of drug-likeness (QED) is 0.595. The van der Waals surface area contributed by atoms with Crippen LogP contribution in [0.4, 0.5) is 5.69 Å². The van der Waals surface area contributed by atoms with Gasteiger partial charge in [0.25, 0.3) is 5.56 Å². The Morgan fingerprint density at radius 3 is 2.70 bits per heavy atom. The summed E-state index contributed by atoms with van der Waals surface area (Å²) in [4.78, 5) is 17.9. The smallest absolute Gasteiger partial charge is 0.262 e. The van der Waals surface area contributed by atoms with E-state index in [-0.39, 0.29) is 12.2 Å². The van der Waals surface area contributed by atoms with Crippen LogP contribution in [-0.2, 0) is 0 Å². The summed E-state index contributed by atoms with van der Waals surface area (Å²) in [6, 6.07) is 13.3. The number of aliphatic hydroxyl groups is 1. The Morgan fingerprint density at radius 2 is 1.91 bits per heavy atom. The molecule has 2 heterocycles. The van der Waals surface area contributed by atoms with Crippen LogP contribution in [-0.4, -0.2) is 67.6 Å². The lowest BCUT2D eigenvalue weighted by molar-refractivity contribution is 0.104. The van der Waals surface area contributed by atoms with Gasteiger partial charge in [-0.05, 0) is 68.2 Å². The summed E-state index contributed by atoms with van der Waals surface area (Å²) in [5, 5.41) is 11.1. The van der Waals surface area contributed by atoms with E-state index in [2.05, 4.69) is 16.8 Å². The van der Waals surface area contributed by atoms with Gasteiger partial charge in [-0.3, -0.25) is 9.36 Å². The minimum absolute atomic E-state index is 0.0983. The molecule has 0 amide bonds. The molecule has 2 aromatic carbocycles. The van der Waals surface area contributed by atoms with Crippen molar-refractivity contribution in [1.82, 2.24) is 9.47 Å². The number of methoxy groups -OCH3 is 1. The van der Waals surface area contributed by atoms with Crippen molar-refractivity contribution >= 4 is 16.5 Å². The number of pyridine rings is 1. The molecule has 1 fully saturated rings. The van der Waals surface area contributed by atoms with Gasteiger partial charge in [0.15, 0.2) is 0 Å². The SMILES string of the molecule is CCC(O)COc1ccc2c(=O)n(-c3ccc(N4CCCN(C)CC4)c(OC)c3)ccc2c1. The highest BCUT2D eigenvalue weighted by Gasteiger charge is 2.17. The van der Waals surface area contributed by atoms with E-state index in [1.807, 2.05) is 37.3 Å². The summed E-state index contributed by atoms with van der Waals surface area (Å²) < 4.78 is 13.0. The summed E-state index contributed by atoms with van der Waals surface area (Å²) in [5.74, 6) is 1.41. The molecule has 1 unspecified atom stereocenters. The molecule has 0 bridgehead atoms. The number of anilines is 1. The number of likely N-dealkylation sites (N-methyl/N-ethyl adjacent to an activating group) is 1. The first kappa shape index (κ1) is 23.1. The van der Waals surface area contributed by atoms with Crippen LogP contribution in [0.3, 0.4) is 0 Å². The Balaban J connectivity index is 1.62. The van der Waals surface area contributed by atoms with Crippen LogP contribution < -0.4 is 19.9 Å². The maximum absolute atomic E-state index is 13.2. The summed E-state index contributed by atoms with van der Waals surface area (Å²) in [6.07, 6.45) is 3.02. The van der Waals surface area contributed by atoms with Crippen molar-refractivity contribution < 1.29 is 14.6 Å². The first-order valence-corrected chi connectivity index (χ1v) is 11.6. The van der Waals surface area contributed by atoms with Crippen molar-refractivity contribution in [2.45, 2.75) is 25.9 Å². The van der Waals surface area contributed by atoms with Crippen molar-refractivity contribution in [3.63, 3.8) is 0 Å².